The van der Waals surface area contributed by atoms with Gasteiger partial charge in [-0.3, -0.25) is 0 Å². The first kappa shape index (κ1) is 15.7. The summed E-state index contributed by atoms with van der Waals surface area (Å²) in [6.45, 7) is 4.67. The van der Waals surface area contributed by atoms with Crippen molar-refractivity contribution in [3.63, 3.8) is 0 Å². The highest BCUT2D eigenvalue weighted by Crippen LogP contribution is 2.38. The second kappa shape index (κ2) is 5.65. The smallest absolute Gasteiger partial charge is 0.126 e. The van der Waals surface area contributed by atoms with E-state index < -0.39 is 5.97 Å². The predicted octanol–water partition coefficient (Wildman–Crippen LogP) is 1.93. The number of carbonyl (C=O) groups excluding carboxylic acids is 1. The van der Waals surface area contributed by atoms with Gasteiger partial charge in [-0.2, -0.15) is 0 Å². The molecule has 3 aromatic rings. The lowest BCUT2D eigenvalue weighted by molar-refractivity contribution is -0.301. The number of aromatic nitrogens is 3. The van der Waals surface area contributed by atoms with E-state index in [9.17, 15) is 9.90 Å². The van der Waals surface area contributed by atoms with Crippen molar-refractivity contribution >= 4 is 49.5 Å². The highest BCUT2D eigenvalue weighted by molar-refractivity contribution is 8.00. The van der Waals surface area contributed by atoms with Crippen LogP contribution in [0.25, 0.3) is 20.4 Å². The molecule has 4 heterocycles. The van der Waals surface area contributed by atoms with Gasteiger partial charge in [0.15, 0.2) is 0 Å². The standard InChI is InChI=1S/C16H15N3O3S2/c1-16(2)4-10-8(5-22-16)3-9-12-13(24-14(9)19-10)15(18-7-17-12)23-6-11(20)21/h3,7H,4-6H2,1-2H3,(H,20,21)/p-1. The number of pyridine rings is 1. The van der Waals surface area contributed by atoms with Crippen molar-refractivity contribution in [1.29, 1.82) is 0 Å². The number of aliphatic carboxylic acids is 1. The first-order chi connectivity index (χ1) is 11.4. The highest BCUT2D eigenvalue weighted by Gasteiger charge is 2.28. The predicted molar refractivity (Wildman–Crippen MR) is 91.0 cm³/mol. The molecule has 0 spiro atoms. The second-order valence-corrected chi connectivity index (χ2v) is 8.25. The number of carboxylic acid groups (broad SMARTS) is 1. The molecule has 8 heteroatoms. The zero-order valence-corrected chi connectivity index (χ0v) is 14.8. The lowest BCUT2D eigenvalue weighted by atomic mass is 9.95. The number of thiophene rings is 1. The topological polar surface area (TPSA) is 88.0 Å². The van der Waals surface area contributed by atoms with Gasteiger partial charge in [0.05, 0.1) is 34.1 Å². The summed E-state index contributed by atoms with van der Waals surface area (Å²) in [6, 6.07) is 2.09. The van der Waals surface area contributed by atoms with E-state index >= 15 is 0 Å². The molecule has 0 aliphatic carbocycles. The average molecular weight is 360 g/mol. The lowest BCUT2D eigenvalue weighted by Crippen LogP contribution is -2.32. The Morgan fingerprint density at radius 3 is 3.08 bits per heavy atom. The van der Waals surface area contributed by atoms with Crippen LogP contribution in [0.2, 0.25) is 0 Å². The van der Waals surface area contributed by atoms with E-state index in [1.807, 2.05) is 0 Å². The van der Waals surface area contributed by atoms with Crippen LogP contribution >= 0.6 is 23.1 Å². The van der Waals surface area contributed by atoms with Crippen molar-refractivity contribution in [2.75, 3.05) is 5.75 Å². The van der Waals surface area contributed by atoms with Gasteiger partial charge in [-0.05, 0) is 19.9 Å². The van der Waals surface area contributed by atoms with Crippen LogP contribution in [0.15, 0.2) is 17.4 Å². The van der Waals surface area contributed by atoms with Crippen LogP contribution in [0.5, 0.6) is 0 Å². The number of fused-ring (bicyclic) bond motifs is 4. The maximum Gasteiger partial charge on any atom is 0.126 e. The fraction of sp³-hybridized carbons (Fsp3) is 0.375. The largest absolute Gasteiger partial charge is 0.549 e. The Kier molecular flexibility index (Phi) is 3.70. The van der Waals surface area contributed by atoms with Gasteiger partial charge in [-0.15, -0.1) is 11.3 Å². The van der Waals surface area contributed by atoms with Crippen molar-refractivity contribution in [3.8, 4) is 0 Å². The molecule has 0 N–H and O–H groups in total. The van der Waals surface area contributed by atoms with Crippen molar-refractivity contribution in [2.45, 2.75) is 37.5 Å². The van der Waals surface area contributed by atoms with E-state index in [1.165, 1.54) is 17.7 Å². The van der Waals surface area contributed by atoms with Crippen LogP contribution in [0.3, 0.4) is 0 Å². The van der Waals surface area contributed by atoms with Crippen LogP contribution in [0, 0.1) is 0 Å². The molecule has 0 saturated heterocycles. The van der Waals surface area contributed by atoms with Gasteiger partial charge in [0.2, 0.25) is 0 Å². The minimum absolute atomic E-state index is 0.133. The van der Waals surface area contributed by atoms with Gasteiger partial charge in [0, 0.05) is 23.1 Å². The third kappa shape index (κ3) is 2.74. The summed E-state index contributed by atoms with van der Waals surface area (Å²) in [4.78, 5) is 25.0. The fourth-order valence-electron chi connectivity index (χ4n) is 2.79. The van der Waals surface area contributed by atoms with Gasteiger partial charge >= 0.3 is 0 Å². The zero-order chi connectivity index (χ0) is 16.9. The van der Waals surface area contributed by atoms with Crippen LogP contribution in [0.4, 0.5) is 0 Å². The average Bonchev–Trinajstić information content (AvgIpc) is 2.88. The summed E-state index contributed by atoms with van der Waals surface area (Å²) in [5.74, 6) is -1.24. The number of hydrogen-bond acceptors (Lipinski definition) is 8. The Balaban J connectivity index is 1.86. The Morgan fingerprint density at radius 1 is 1.46 bits per heavy atom. The molecule has 0 bridgehead atoms. The van der Waals surface area contributed by atoms with E-state index in [0.29, 0.717) is 11.6 Å². The monoisotopic (exact) mass is 360 g/mol. The van der Waals surface area contributed by atoms with Gasteiger partial charge in [-0.1, -0.05) is 11.8 Å². The highest BCUT2D eigenvalue weighted by atomic mass is 32.2. The minimum Gasteiger partial charge on any atom is -0.549 e. The van der Waals surface area contributed by atoms with E-state index in [1.54, 1.807) is 0 Å². The van der Waals surface area contributed by atoms with E-state index in [-0.39, 0.29) is 11.4 Å². The van der Waals surface area contributed by atoms with E-state index in [4.69, 9.17) is 9.72 Å². The molecule has 1 aliphatic heterocycles. The molecule has 0 atom stereocenters. The molecule has 6 nitrogen and oxygen atoms in total. The van der Waals surface area contributed by atoms with Gasteiger partial charge in [0.25, 0.3) is 0 Å². The number of rotatable bonds is 3. The number of ether oxygens (including phenoxy) is 1. The Bertz CT molecular complexity index is 968. The van der Waals surface area contributed by atoms with Gasteiger partial charge in [0.1, 0.15) is 16.2 Å². The molecule has 1 aliphatic rings. The molecule has 4 rings (SSSR count). The molecule has 3 aromatic heterocycles. The number of carboxylic acids is 1. The minimum atomic E-state index is -1.11. The molecule has 0 aromatic carbocycles. The third-order valence-corrected chi connectivity index (χ3v) is 6.11. The van der Waals surface area contributed by atoms with Gasteiger partial charge < -0.3 is 14.6 Å². The van der Waals surface area contributed by atoms with Crippen molar-refractivity contribution in [1.82, 2.24) is 15.0 Å². The molecule has 0 saturated carbocycles. The zero-order valence-electron chi connectivity index (χ0n) is 13.2. The van der Waals surface area contributed by atoms with E-state index in [2.05, 4.69) is 29.9 Å². The fourth-order valence-corrected chi connectivity index (χ4v) is 4.71. The number of carbonyl (C=O) groups is 1. The van der Waals surface area contributed by atoms with Crippen molar-refractivity contribution in [3.05, 3.63) is 23.7 Å². The van der Waals surface area contributed by atoms with Crippen LogP contribution < -0.4 is 5.11 Å². The normalized spacial score (nSPS) is 16.4. The Hall–Kier alpha value is -1.77. The lowest BCUT2D eigenvalue weighted by Gasteiger charge is -2.30. The molecule has 0 amide bonds. The van der Waals surface area contributed by atoms with Crippen LogP contribution in [-0.4, -0.2) is 32.3 Å². The number of thioether (sulfide) groups is 1. The summed E-state index contributed by atoms with van der Waals surface area (Å²) in [5, 5.41) is 12.3. The van der Waals surface area contributed by atoms with E-state index in [0.717, 1.165) is 49.9 Å². The van der Waals surface area contributed by atoms with Crippen LogP contribution in [0.1, 0.15) is 25.1 Å². The molecule has 0 unspecified atom stereocenters. The van der Waals surface area contributed by atoms with Crippen molar-refractivity contribution < 1.29 is 14.6 Å². The molecule has 124 valence electrons. The summed E-state index contributed by atoms with van der Waals surface area (Å²) in [7, 11) is 0. The molecular weight excluding hydrogens is 346 g/mol. The molecule has 0 fully saturated rings. The summed E-state index contributed by atoms with van der Waals surface area (Å²) < 4.78 is 6.74. The second-order valence-electron chi connectivity index (χ2n) is 6.29. The SMILES string of the molecule is CC1(C)Cc2nc3sc4c(SCC(=O)[O-])ncnc4c3cc2CO1. The molecular formula is C16H14N3O3S2-. The maximum absolute atomic E-state index is 10.7. The Morgan fingerprint density at radius 2 is 2.29 bits per heavy atom. The summed E-state index contributed by atoms with van der Waals surface area (Å²) in [5.41, 5.74) is 2.75. The Labute approximate surface area is 146 Å². The van der Waals surface area contributed by atoms with Crippen molar-refractivity contribution in [2.24, 2.45) is 0 Å². The van der Waals surface area contributed by atoms with Crippen LogP contribution in [-0.2, 0) is 22.6 Å². The summed E-state index contributed by atoms with van der Waals surface area (Å²) in [6.07, 6.45) is 2.23. The number of hydrogen-bond donors (Lipinski definition) is 0. The molecule has 0 radical (unpaired) electrons. The quantitative estimate of drug-likeness (QED) is 0.521. The summed E-state index contributed by atoms with van der Waals surface area (Å²) >= 11 is 2.65. The first-order valence-electron chi connectivity index (χ1n) is 7.45. The maximum atomic E-state index is 10.7. The third-order valence-electron chi connectivity index (χ3n) is 3.92. The van der Waals surface area contributed by atoms with Gasteiger partial charge in [-0.25, -0.2) is 15.0 Å². The first-order valence-corrected chi connectivity index (χ1v) is 9.26. The number of nitrogens with zero attached hydrogens (tertiary/aromatic N) is 3. The molecule has 24 heavy (non-hydrogen) atoms.